The number of likely N-dealkylation sites (tertiary alicyclic amines) is 2. The van der Waals surface area contributed by atoms with Gasteiger partial charge in [0.05, 0.1) is 39.3 Å². The van der Waals surface area contributed by atoms with Gasteiger partial charge in [-0.15, -0.1) is 5.10 Å². The number of rotatable bonds is 6. The van der Waals surface area contributed by atoms with E-state index in [9.17, 15) is 32.7 Å². The van der Waals surface area contributed by atoms with Crippen molar-refractivity contribution in [2.45, 2.75) is 56.8 Å². The van der Waals surface area contributed by atoms with E-state index in [-0.39, 0.29) is 84.0 Å². The van der Waals surface area contributed by atoms with E-state index >= 15 is 4.39 Å². The Morgan fingerprint density at radius 3 is 2.43 bits per heavy atom. The lowest BCUT2D eigenvalue weighted by molar-refractivity contribution is -0.137. The smallest absolute Gasteiger partial charge is 0.416 e. The monoisotopic (exact) mass is 795 g/mol. The fraction of sp³-hybridized carbons (Fsp3) is 0.378. The van der Waals surface area contributed by atoms with Gasteiger partial charge in [-0.05, 0) is 57.5 Å². The largest absolute Gasteiger partial charge is 0.504 e. The zero-order valence-electron chi connectivity index (χ0n) is 30.2. The molecule has 1 unspecified atom stereocenters. The van der Waals surface area contributed by atoms with Crippen LogP contribution in [0.2, 0.25) is 5.02 Å². The number of alkyl halides is 4. The van der Waals surface area contributed by atoms with Gasteiger partial charge in [0.2, 0.25) is 11.7 Å². The molecule has 0 aliphatic carbocycles. The molecule has 14 nitrogen and oxygen atoms in total. The number of likely N-dealkylation sites (N-methyl/N-ethyl adjacent to an activating group) is 1. The predicted octanol–water partition coefficient (Wildman–Crippen LogP) is 5.01. The number of hydrogen-bond donors (Lipinski definition) is 2. The van der Waals surface area contributed by atoms with Gasteiger partial charge in [-0.25, -0.2) is 14.4 Å². The van der Waals surface area contributed by atoms with E-state index in [2.05, 4.69) is 25.4 Å². The van der Waals surface area contributed by atoms with E-state index < -0.39 is 53.0 Å². The van der Waals surface area contributed by atoms with Crippen molar-refractivity contribution in [2.75, 3.05) is 38.5 Å². The number of ether oxygens (including phenoxy) is 1. The lowest BCUT2D eigenvalue weighted by Crippen LogP contribution is -2.54. The number of nitrogens with zero attached hydrogens (tertiary/aromatic N) is 8. The molecule has 3 aliphatic rings. The van der Waals surface area contributed by atoms with Gasteiger partial charge in [-0.2, -0.15) is 22.7 Å². The van der Waals surface area contributed by atoms with Gasteiger partial charge in [0.15, 0.2) is 22.9 Å². The normalized spacial score (nSPS) is 18.9. The van der Waals surface area contributed by atoms with Gasteiger partial charge in [0, 0.05) is 31.7 Å². The molecule has 0 saturated carbocycles. The highest BCUT2D eigenvalue weighted by Crippen LogP contribution is 2.48. The Morgan fingerprint density at radius 1 is 1.09 bits per heavy atom. The van der Waals surface area contributed by atoms with Crippen molar-refractivity contribution in [3.63, 3.8) is 0 Å². The van der Waals surface area contributed by atoms with Crippen LogP contribution >= 0.6 is 11.6 Å². The first-order valence-corrected chi connectivity index (χ1v) is 18.0. The number of hydrogen-bond acceptors (Lipinski definition) is 10. The highest BCUT2D eigenvalue weighted by atomic mass is 35.5. The molecule has 0 bridgehead atoms. The predicted molar refractivity (Wildman–Crippen MR) is 193 cm³/mol. The maximum absolute atomic E-state index is 15.3. The fourth-order valence-electron chi connectivity index (χ4n) is 7.90. The summed E-state index contributed by atoms with van der Waals surface area (Å²) >= 11 is 6.15. The minimum absolute atomic E-state index is 0.0150. The SMILES string of the molecule is Cc1ncnc(C(=O)N2CCC3(CC2)OC(C)c2c3c(=O)n3nc(-c4ccc(C5(F)CN(C)C5)cc4)nc3n2CC(=O)Nc2ccc(C(F)(F)F)cc2Cl)c1O. The number of fused-ring (bicyclic) bond motifs is 3. The quantitative estimate of drug-likeness (QED) is 0.224. The Kier molecular flexibility index (Phi) is 8.92. The van der Waals surface area contributed by atoms with Gasteiger partial charge in [-0.3, -0.25) is 19.3 Å². The summed E-state index contributed by atoms with van der Waals surface area (Å²) in [7, 11) is 1.82. The second kappa shape index (κ2) is 13.3. The molecule has 56 heavy (non-hydrogen) atoms. The fourth-order valence-corrected chi connectivity index (χ4v) is 8.13. The number of carbonyl (C=O) groups excluding carboxylic acids is 2. The molecule has 2 aromatic carbocycles. The second-order valence-electron chi connectivity index (χ2n) is 14.5. The van der Waals surface area contributed by atoms with Crippen molar-refractivity contribution in [2.24, 2.45) is 0 Å². The van der Waals surface area contributed by atoms with Crippen molar-refractivity contribution in [1.29, 1.82) is 0 Å². The van der Waals surface area contributed by atoms with Crippen molar-refractivity contribution in [3.8, 4) is 17.1 Å². The van der Waals surface area contributed by atoms with Gasteiger partial charge >= 0.3 is 6.18 Å². The third-order valence-electron chi connectivity index (χ3n) is 10.7. The summed E-state index contributed by atoms with van der Waals surface area (Å²) in [5.74, 6) is -1.43. The van der Waals surface area contributed by atoms with Crippen molar-refractivity contribution in [1.82, 2.24) is 38.9 Å². The van der Waals surface area contributed by atoms with Crippen molar-refractivity contribution < 1.29 is 37.0 Å². The first kappa shape index (κ1) is 37.5. The summed E-state index contributed by atoms with van der Waals surface area (Å²) in [5, 5.41) is 17.2. The van der Waals surface area contributed by atoms with Crippen LogP contribution in [0.4, 0.5) is 23.2 Å². The first-order valence-electron chi connectivity index (χ1n) is 17.6. The number of carbonyl (C=O) groups is 2. The Hall–Kier alpha value is -5.46. The Bertz CT molecular complexity index is 2480. The van der Waals surface area contributed by atoms with Crippen molar-refractivity contribution >= 4 is 34.9 Å². The molecule has 3 aliphatic heterocycles. The number of halogens is 5. The van der Waals surface area contributed by atoms with Crippen LogP contribution in [-0.4, -0.2) is 89.1 Å². The molecule has 1 atom stereocenters. The van der Waals surface area contributed by atoms with E-state index in [1.165, 1.54) is 15.8 Å². The van der Waals surface area contributed by atoms with Gasteiger partial charge in [0.25, 0.3) is 11.5 Å². The van der Waals surface area contributed by atoms with E-state index in [0.29, 0.717) is 22.9 Å². The molecule has 1 spiro atoms. The number of benzene rings is 2. The van der Waals surface area contributed by atoms with E-state index in [0.717, 1.165) is 16.6 Å². The molecule has 2 amide bonds. The van der Waals surface area contributed by atoms with Crippen LogP contribution in [-0.2, 0) is 33.5 Å². The lowest BCUT2D eigenvalue weighted by Gasteiger charge is -2.42. The number of aromatic hydroxyl groups is 1. The number of aryl methyl sites for hydroxylation is 1. The molecule has 2 N–H and O–H groups in total. The Labute approximate surface area is 320 Å². The van der Waals surface area contributed by atoms with Crippen LogP contribution in [0.5, 0.6) is 5.75 Å². The molecule has 8 rings (SSSR count). The van der Waals surface area contributed by atoms with Gasteiger partial charge in [0.1, 0.15) is 18.5 Å². The minimum Gasteiger partial charge on any atom is -0.504 e. The third-order valence-corrected chi connectivity index (χ3v) is 11.0. The van der Waals surface area contributed by atoms with Crippen LogP contribution in [0.25, 0.3) is 17.2 Å². The highest BCUT2D eigenvalue weighted by Gasteiger charge is 2.51. The van der Waals surface area contributed by atoms with E-state index in [1.807, 2.05) is 11.9 Å². The summed E-state index contributed by atoms with van der Waals surface area (Å²) in [5.41, 5.74) is -2.70. The standard InChI is InChI=1S/C37H34ClF4N9O5/c1-19-30(53)28(44-18-43-19)33(55)49-12-10-36(11-13-49)27-29(20(2)56-36)50(15-26(52)45-25-9-8-23(14-24(25)38)37(40,41)42)34-46-31(47-51(34)32(27)54)21-4-6-22(7-5-21)35(39)16-48(3)17-35/h4-9,14,18,20,53H,10-13,15-17H2,1-3H3,(H,45,52). The number of aromatic nitrogens is 6. The molecular formula is C37H34ClF4N9O5. The molecule has 2 fully saturated rings. The van der Waals surface area contributed by atoms with Crippen LogP contribution in [0, 0.1) is 6.92 Å². The molecule has 0 radical (unpaired) electrons. The topological polar surface area (TPSA) is 160 Å². The van der Waals surface area contributed by atoms with E-state index in [1.54, 1.807) is 38.1 Å². The van der Waals surface area contributed by atoms with Crippen LogP contribution in [0.1, 0.15) is 64.4 Å². The van der Waals surface area contributed by atoms with Gasteiger partial charge in [-0.1, -0.05) is 35.9 Å². The average molecular weight is 796 g/mol. The maximum Gasteiger partial charge on any atom is 0.416 e. The number of piperidine rings is 1. The highest BCUT2D eigenvalue weighted by molar-refractivity contribution is 6.33. The first-order chi connectivity index (χ1) is 26.5. The van der Waals surface area contributed by atoms with Crippen LogP contribution in [0.3, 0.4) is 0 Å². The Balaban J connectivity index is 1.17. The van der Waals surface area contributed by atoms with E-state index in [4.69, 9.17) is 16.3 Å². The van der Waals surface area contributed by atoms with Gasteiger partial charge < -0.3 is 24.6 Å². The lowest BCUT2D eigenvalue weighted by atomic mass is 9.85. The molecule has 19 heteroatoms. The summed E-state index contributed by atoms with van der Waals surface area (Å²) in [6, 6.07) is 9.15. The zero-order valence-corrected chi connectivity index (χ0v) is 30.9. The third kappa shape index (κ3) is 6.24. The maximum atomic E-state index is 15.3. The summed E-state index contributed by atoms with van der Waals surface area (Å²) in [4.78, 5) is 57.5. The molecule has 5 aromatic rings. The van der Waals surface area contributed by atoms with Crippen molar-refractivity contribution in [3.05, 3.63) is 97.9 Å². The summed E-state index contributed by atoms with van der Waals surface area (Å²) in [6.07, 6.45) is -3.89. The van der Waals surface area contributed by atoms with Crippen LogP contribution < -0.4 is 10.9 Å². The number of nitrogens with one attached hydrogen (secondary N) is 1. The molecular weight excluding hydrogens is 762 g/mol. The molecule has 3 aromatic heterocycles. The summed E-state index contributed by atoms with van der Waals surface area (Å²) < 4.78 is 64.3. The molecule has 6 heterocycles. The second-order valence-corrected chi connectivity index (χ2v) is 14.9. The zero-order chi connectivity index (χ0) is 39.9. The summed E-state index contributed by atoms with van der Waals surface area (Å²) in [6.45, 7) is 3.54. The molecule has 292 valence electrons. The van der Waals surface area contributed by atoms with Crippen LogP contribution in [0.15, 0.2) is 53.6 Å². The minimum atomic E-state index is -4.65. The number of amides is 2. The number of anilines is 1. The Morgan fingerprint density at radius 2 is 1.79 bits per heavy atom. The average Bonchev–Trinajstić information content (AvgIpc) is 3.71. The molecule has 2 saturated heterocycles.